The number of nitrogens with one attached hydrogen (secondary N) is 1. The largest absolute Gasteiger partial charge is 0.463 e. The molecule has 2 aliphatic rings. The fourth-order valence-corrected chi connectivity index (χ4v) is 5.29. The molecule has 0 aromatic rings. The molecule has 11 atom stereocenters. The number of hydrogen-bond acceptors (Lipinski definition) is 17. The van der Waals surface area contributed by atoms with Crippen LogP contribution in [0, 0.1) is 0 Å². The maximum Gasteiger partial charge on any atom is 0.303 e. The molecule has 0 aromatic carbocycles. The lowest BCUT2D eigenvalue weighted by atomic mass is 9.83. The summed E-state index contributed by atoms with van der Waals surface area (Å²) >= 11 is 0. The van der Waals surface area contributed by atoms with Gasteiger partial charge in [-0.05, 0) is 29.4 Å². The summed E-state index contributed by atoms with van der Waals surface area (Å²) < 4.78 is 37.9. The topological polar surface area (TPSA) is 346 Å². The summed E-state index contributed by atoms with van der Waals surface area (Å²) in [5.74, 6) is -5.26. The van der Waals surface area contributed by atoms with E-state index in [1.807, 2.05) is 0 Å². The zero-order chi connectivity index (χ0) is 37.5. The smallest absolute Gasteiger partial charge is 0.303 e. The van der Waals surface area contributed by atoms with Gasteiger partial charge in [0, 0.05) is 55.9 Å². The molecule has 2 N–H and O–H groups in total. The molecule has 1 heterocycles. The molecule has 2 fully saturated rings. The number of carbonyl (C=O) groups excluding carboxylic acids is 6. The number of amides is 1. The molecule has 1 saturated carbocycles. The van der Waals surface area contributed by atoms with Gasteiger partial charge in [0.2, 0.25) is 0 Å². The molecule has 4 unspecified atom stereocenters. The second-order valence-electron chi connectivity index (χ2n) is 10.8. The van der Waals surface area contributed by atoms with Crippen molar-refractivity contribution in [3.8, 4) is 0 Å². The first-order valence-corrected chi connectivity index (χ1v) is 14.8. The number of azide groups is 3. The SMILES string of the molecule is CC(=O)OCC1O[C@H](O[C@@H]2C(N=[N+]=[N-])C[C@@H](NC(=O)[C@H](CCN=[N+]=[N-])OC(C)=O)C(OC(C)=O)[C@H]2O)C(N=[N+]=[N-])[C@@H](OC(C)=O)[C@@H]1OC(C)=O. The van der Waals surface area contributed by atoms with Crippen LogP contribution in [0.25, 0.3) is 31.3 Å². The zero-order valence-corrected chi connectivity index (χ0v) is 27.5. The number of rotatable bonds is 15. The van der Waals surface area contributed by atoms with Crippen molar-refractivity contribution in [1.82, 2.24) is 5.32 Å². The molecule has 274 valence electrons. The minimum Gasteiger partial charge on any atom is -0.463 e. The summed E-state index contributed by atoms with van der Waals surface area (Å²) in [6.07, 6.45) is -13.6. The van der Waals surface area contributed by atoms with E-state index in [9.17, 15) is 44.9 Å². The van der Waals surface area contributed by atoms with E-state index in [4.69, 9.17) is 38.7 Å². The first-order valence-electron chi connectivity index (χ1n) is 14.8. The maximum absolute atomic E-state index is 13.2. The van der Waals surface area contributed by atoms with Gasteiger partial charge in [0.1, 0.15) is 24.9 Å². The van der Waals surface area contributed by atoms with Crippen LogP contribution in [0.5, 0.6) is 0 Å². The fraction of sp³-hybridized carbons (Fsp3) is 0.769. The molecule has 0 aromatic heterocycles. The Bertz CT molecular complexity index is 1430. The quantitative estimate of drug-likeness (QED) is 0.0776. The van der Waals surface area contributed by atoms with Crippen molar-refractivity contribution in [2.75, 3.05) is 13.2 Å². The Hall–Kier alpha value is -5.37. The highest BCUT2D eigenvalue weighted by molar-refractivity contribution is 5.83. The molecule has 24 heteroatoms. The van der Waals surface area contributed by atoms with Gasteiger partial charge in [-0.25, -0.2) is 0 Å². The van der Waals surface area contributed by atoms with Gasteiger partial charge >= 0.3 is 29.8 Å². The molecule has 1 aliphatic carbocycles. The minimum atomic E-state index is -1.93. The van der Waals surface area contributed by atoms with Crippen LogP contribution >= 0.6 is 0 Å². The van der Waals surface area contributed by atoms with Crippen LogP contribution in [0.1, 0.15) is 47.5 Å². The number of nitrogens with zero attached hydrogens (tertiary/aromatic N) is 9. The van der Waals surface area contributed by atoms with Gasteiger partial charge in [-0.15, -0.1) is 0 Å². The van der Waals surface area contributed by atoms with Crippen molar-refractivity contribution in [3.05, 3.63) is 31.3 Å². The molecule has 1 aliphatic heterocycles. The summed E-state index contributed by atoms with van der Waals surface area (Å²) in [5.41, 5.74) is 27.3. The van der Waals surface area contributed by atoms with Gasteiger partial charge in [-0.1, -0.05) is 15.3 Å². The summed E-state index contributed by atoms with van der Waals surface area (Å²) in [4.78, 5) is 80.7. The Labute approximate surface area is 282 Å². The zero-order valence-electron chi connectivity index (χ0n) is 27.5. The van der Waals surface area contributed by atoms with Gasteiger partial charge in [0.25, 0.3) is 5.91 Å². The number of carbonyl (C=O) groups is 6. The highest BCUT2D eigenvalue weighted by Crippen LogP contribution is 2.35. The number of hydrogen-bond donors (Lipinski definition) is 2. The molecule has 50 heavy (non-hydrogen) atoms. The van der Waals surface area contributed by atoms with Crippen molar-refractivity contribution in [2.45, 2.75) is 115 Å². The summed E-state index contributed by atoms with van der Waals surface area (Å²) in [7, 11) is 0. The molecular weight excluding hydrogens is 676 g/mol. The van der Waals surface area contributed by atoms with E-state index in [1.165, 1.54) is 0 Å². The first kappa shape index (κ1) is 40.8. The Morgan fingerprint density at radius 1 is 0.820 bits per heavy atom. The molecular formula is C26H36N10O14. The third-order valence-electron chi connectivity index (χ3n) is 7.08. The number of aliphatic hydroxyl groups excluding tert-OH is 1. The predicted octanol–water partition coefficient (Wildman–Crippen LogP) is 0.694. The lowest BCUT2D eigenvalue weighted by Gasteiger charge is -2.47. The lowest BCUT2D eigenvalue weighted by Crippen LogP contribution is -2.66. The molecule has 0 spiro atoms. The van der Waals surface area contributed by atoms with Crippen LogP contribution in [0.3, 0.4) is 0 Å². The average Bonchev–Trinajstić information content (AvgIpc) is 3.01. The first-order chi connectivity index (χ1) is 23.6. The van der Waals surface area contributed by atoms with E-state index in [-0.39, 0.29) is 19.4 Å². The van der Waals surface area contributed by atoms with Crippen LogP contribution in [-0.2, 0) is 61.9 Å². The molecule has 1 saturated heterocycles. The molecule has 2 rings (SSSR count). The summed E-state index contributed by atoms with van der Waals surface area (Å²) in [6.45, 7) is 4.32. The standard InChI is InChI=1S/C26H36N10O14/c1-10(37)44-9-18-23(47-13(4)40)24(48-14(5)41)19(33-36-29)26(49-18)50-22-16(32-35-28)8-15(21(20(22)42)46-12(3)39)31-25(43)17(45-11(2)38)6-7-30-34-27/h15-24,26,42H,6-9H2,1-5H3,(H,31,43)/t15-,16?,17+,18?,19?,20-,21?,22-,23-,24-,26-/m1/s1. The Morgan fingerprint density at radius 3 is 1.96 bits per heavy atom. The Balaban J connectivity index is 2.55. The molecule has 0 bridgehead atoms. The second-order valence-corrected chi connectivity index (χ2v) is 10.8. The van der Waals surface area contributed by atoms with Crippen molar-refractivity contribution >= 4 is 35.8 Å². The third kappa shape index (κ3) is 11.9. The summed E-state index contributed by atoms with van der Waals surface area (Å²) in [5, 5.41) is 24.6. The van der Waals surface area contributed by atoms with E-state index < -0.39 is 110 Å². The van der Waals surface area contributed by atoms with Crippen LogP contribution in [0.2, 0.25) is 0 Å². The number of ether oxygens (including phenoxy) is 7. The van der Waals surface area contributed by atoms with Crippen molar-refractivity contribution in [2.24, 2.45) is 15.3 Å². The minimum absolute atomic E-state index is 0.235. The summed E-state index contributed by atoms with van der Waals surface area (Å²) in [6, 6.07) is -4.33. The molecule has 24 nitrogen and oxygen atoms in total. The van der Waals surface area contributed by atoms with E-state index in [0.717, 1.165) is 34.6 Å². The normalized spacial score (nSPS) is 29.2. The monoisotopic (exact) mass is 712 g/mol. The number of aliphatic hydroxyl groups is 1. The van der Waals surface area contributed by atoms with E-state index in [0.29, 0.717) is 0 Å². The fourth-order valence-electron chi connectivity index (χ4n) is 5.29. The van der Waals surface area contributed by atoms with Crippen LogP contribution in [-0.4, -0.2) is 121 Å². The van der Waals surface area contributed by atoms with Gasteiger partial charge in [-0.2, -0.15) is 0 Å². The highest BCUT2D eigenvalue weighted by atomic mass is 16.7. The van der Waals surface area contributed by atoms with E-state index in [2.05, 4.69) is 35.4 Å². The van der Waals surface area contributed by atoms with Crippen LogP contribution < -0.4 is 5.32 Å². The predicted molar refractivity (Wildman–Crippen MR) is 159 cm³/mol. The van der Waals surface area contributed by atoms with Gasteiger partial charge in [0.15, 0.2) is 30.7 Å². The molecule has 1 amide bonds. The van der Waals surface area contributed by atoms with Crippen molar-refractivity contribution in [3.63, 3.8) is 0 Å². The van der Waals surface area contributed by atoms with E-state index in [1.54, 1.807) is 0 Å². The Kier molecular flexibility index (Phi) is 16.0. The van der Waals surface area contributed by atoms with Crippen LogP contribution in [0.4, 0.5) is 0 Å². The third-order valence-corrected chi connectivity index (χ3v) is 7.08. The van der Waals surface area contributed by atoms with Crippen LogP contribution in [0.15, 0.2) is 15.3 Å². The van der Waals surface area contributed by atoms with Gasteiger partial charge in [-0.3, -0.25) is 28.8 Å². The number of esters is 5. The van der Waals surface area contributed by atoms with Gasteiger partial charge < -0.3 is 43.6 Å². The second kappa shape index (κ2) is 19.6. The van der Waals surface area contributed by atoms with Crippen molar-refractivity contribution < 1.29 is 67.0 Å². The Morgan fingerprint density at radius 2 is 1.42 bits per heavy atom. The van der Waals surface area contributed by atoms with Gasteiger partial charge in [0.05, 0.1) is 18.2 Å². The molecule has 0 radical (unpaired) electrons. The average molecular weight is 713 g/mol. The van der Waals surface area contributed by atoms with Crippen molar-refractivity contribution in [1.29, 1.82) is 0 Å². The maximum atomic E-state index is 13.2. The highest BCUT2D eigenvalue weighted by Gasteiger charge is 2.54. The van der Waals surface area contributed by atoms with E-state index >= 15 is 0 Å². The lowest BCUT2D eigenvalue weighted by molar-refractivity contribution is -0.298.